The van der Waals surface area contributed by atoms with E-state index in [9.17, 15) is 4.79 Å². The summed E-state index contributed by atoms with van der Waals surface area (Å²) in [6.45, 7) is 10.6. The highest BCUT2D eigenvalue weighted by molar-refractivity contribution is 5.97. The number of ketones is 1. The molecule has 0 fully saturated rings. The third kappa shape index (κ3) is 3.06. The lowest BCUT2D eigenvalue weighted by Gasteiger charge is -2.08. The van der Waals surface area contributed by atoms with E-state index in [0.717, 1.165) is 29.1 Å². The number of rotatable bonds is 6. The van der Waals surface area contributed by atoms with Gasteiger partial charge in [-0.25, -0.2) is 0 Å². The second-order valence-electron chi connectivity index (χ2n) is 5.52. The molecule has 0 bridgehead atoms. The van der Waals surface area contributed by atoms with Crippen molar-refractivity contribution in [3.63, 3.8) is 0 Å². The summed E-state index contributed by atoms with van der Waals surface area (Å²) in [5.74, 6) is 0.154. The number of aryl methyl sites for hydroxylation is 1. The normalized spacial score (nSPS) is 12.6. The van der Waals surface area contributed by atoms with Crippen molar-refractivity contribution in [1.29, 1.82) is 0 Å². The van der Waals surface area contributed by atoms with Crippen molar-refractivity contribution in [3.05, 3.63) is 34.9 Å². The first-order valence-electron chi connectivity index (χ1n) is 7.59. The predicted molar refractivity (Wildman–Crippen MR) is 82.7 cm³/mol. The molecule has 2 aromatic rings. The molecule has 2 aromatic heterocycles. The van der Waals surface area contributed by atoms with Crippen molar-refractivity contribution in [2.75, 3.05) is 0 Å². The van der Waals surface area contributed by atoms with Gasteiger partial charge in [0.05, 0.1) is 23.5 Å². The average Bonchev–Trinajstić information content (AvgIpc) is 3.03. The van der Waals surface area contributed by atoms with E-state index >= 15 is 0 Å². The third-order valence-electron chi connectivity index (χ3n) is 4.00. The lowest BCUT2D eigenvalue weighted by molar-refractivity contribution is 0.0987. The van der Waals surface area contributed by atoms with Gasteiger partial charge in [-0.1, -0.05) is 13.8 Å². The molecule has 0 radical (unpaired) electrons. The summed E-state index contributed by atoms with van der Waals surface area (Å²) in [6.07, 6.45) is 3.57. The van der Waals surface area contributed by atoms with Crippen molar-refractivity contribution < 1.29 is 4.79 Å². The average molecular weight is 288 g/mol. The number of Topliss-reactive ketones (excluding diaryl/α,β-unsaturated/α-hetero) is 1. The fourth-order valence-corrected chi connectivity index (χ4v) is 2.48. The molecule has 0 spiro atoms. The lowest BCUT2D eigenvalue weighted by atomic mass is 10.1. The smallest absolute Gasteiger partial charge is 0.166 e. The maximum absolute atomic E-state index is 12.0. The summed E-state index contributed by atoms with van der Waals surface area (Å²) in [5.41, 5.74) is 3.47. The lowest BCUT2D eigenvalue weighted by Crippen LogP contribution is -2.08. The van der Waals surface area contributed by atoms with Crippen LogP contribution in [0.4, 0.5) is 0 Å². The van der Waals surface area contributed by atoms with Gasteiger partial charge in [0.25, 0.3) is 0 Å². The van der Waals surface area contributed by atoms with E-state index in [4.69, 9.17) is 0 Å². The molecule has 0 saturated carbocycles. The Labute approximate surface area is 126 Å². The van der Waals surface area contributed by atoms with Crippen molar-refractivity contribution in [2.45, 2.75) is 60.0 Å². The van der Waals surface area contributed by atoms with E-state index in [-0.39, 0.29) is 5.78 Å². The van der Waals surface area contributed by atoms with Crippen LogP contribution in [0.25, 0.3) is 0 Å². The highest BCUT2D eigenvalue weighted by Crippen LogP contribution is 2.17. The highest BCUT2D eigenvalue weighted by Gasteiger charge is 2.17. The van der Waals surface area contributed by atoms with Gasteiger partial charge in [0.15, 0.2) is 5.78 Å². The van der Waals surface area contributed by atoms with Crippen LogP contribution >= 0.6 is 0 Å². The van der Waals surface area contributed by atoms with Crippen molar-refractivity contribution >= 4 is 5.78 Å². The third-order valence-corrected chi connectivity index (χ3v) is 4.00. The van der Waals surface area contributed by atoms with Gasteiger partial charge in [0.1, 0.15) is 0 Å². The minimum absolute atomic E-state index is 0.154. The van der Waals surface area contributed by atoms with Gasteiger partial charge in [-0.3, -0.25) is 14.2 Å². The molecule has 5 nitrogen and oxygen atoms in total. The van der Waals surface area contributed by atoms with Gasteiger partial charge in [0.2, 0.25) is 0 Å². The number of carbonyl (C=O) groups excluding carboxylic acids is 1. The van der Waals surface area contributed by atoms with E-state index < -0.39 is 0 Å². The summed E-state index contributed by atoms with van der Waals surface area (Å²) in [5, 5.41) is 9.09. The quantitative estimate of drug-likeness (QED) is 0.766. The summed E-state index contributed by atoms with van der Waals surface area (Å²) in [7, 11) is 0. The Bertz CT molecular complexity index is 639. The van der Waals surface area contributed by atoms with Gasteiger partial charge in [0, 0.05) is 24.4 Å². The van der Waals surface area contributed by atoms with Crippen LogP contribution in [0.1, 0.15) is 67.1 Å². The Hall–Kier alpha value is -1.91. The van der Waals surface area contributed by atoms with Crippen molar-refractivity contribution in [3.8, 4) is 0 Å². The molecule has 0 aromatic carbocycles. The van der Waals surface area contributed by atoms with E-state index in [1.165, 1.54) is 0 Å². The topological polar surface area (TPSA) is 52.7 Å². The van der Waals surface area contributed by atoms with Crippen LogP contribution in [-0.4, -0.2) is 25.3 Å². The largest absolute Gasteiger partial charge is 0.294 e. The fraction of sp³-hybridized carbons (Fsp3) is 0.562. The zero-order valence-electron chi connectivity index (χ0n) is 13.6. The zero-order valence-corrected chi connectivity index (χ0v) is 13.6. The Morgan fingerprint density at radius 1 is 1.29 bits per heavy atom. The standard InChI is InChI=1S/C16H24N4O/c1-6-11(3)19-9-8-14(18-19)10-20-13(5)16(12(4)17-20)15(21)7-2/h8-9,11H,6-7,10H2,1-5H3. The van der Waals surface area contributed by atoms with Gasteiger partial charge in [-0.15, -0.1) is 0 Å². The Balaban J connectivity index is 2.24. The molecule has 114 valence electrons. The van der Waals surface area contributed by atoms with Crippen LogP contribution in [0.2, 0.25) is 0 Å². The molecule has 0 aliphatic heterocycles. The SMILES string of the molecule is CCC(=O)c1c(C)nn(Cc2ccn(C(C)CC)n2)c1C. The first-order valence-corrected chi connectivity index (χ1v) is 7.59. The summed E-state index contributed by atoms with van der Waals surface area (Å²) in [4.78, 5) is 12.0. The van der Waals surface area contributed by atoms with Gasteiger partial charge in [-0.2, -0.15) is 10.2 Å². The fourth-order valence-electron chi connectivity index (χ4n) is 2.48. The summed E-state index contributed by atoms with van der Waals surface area (Å²) < 4.78 is 3.86. The number of carbonyl (C=O) groups is 1. The van der Waals surface area contributed by atoms with E-state index in [1.54, 1.807) is 0 Å². The summed E-state index contributed by atoms with van der Waals surface area (Å²) in [6, 6.07) is 2.42. The Kier molecular flexibility index (Phi) is 4.60. The second-order valence-corrected chi connectivity index (χ2v) is 5.52. The first kappa shape index (κ1) is 15.5. The van der Waals surface area contributed by atoms with Crippen molar-refractivity contribution in [2.24, 2.45) is 0 Å². The van der Waals surface area contributed by atoms with E-state index in [1.807, 2.05) is 42.4 Å². The van der Waals surface area contributed by atoms with E-state index in [2.05, 4.69) is 24.0 Å². The van der Waals surface area contributed by atoms with Gasteiger partial charge < -0.3 is 0 Å². The van der Waals surface area contributed by atoms with Crippen LogP contribution in [0.15, 0.2) is 12.3 Å². The first-order chi connectivity index (χ1) is 9.97. The number of aromatic nitrogens is 4. The molecule has 1 unspecified atom stereocenters. The molecule has 0 N–H and O–H groups in total. The maximum Gasteiger partial charge on any atom is 0.166 e. The zero-order chi connectivity index (χ0) is 15.6. The second kappa shape index (κ2) is 6.24. The number of hydrogen-bond acceptors (Lipinski definition) is 3. The van der Waals surface area contributed by atoms with Crippen LogP contribution < -0.4 is 0 Å². The molecule has 21 heavy (non-hydrogen) atoms. The molecule has 2 rings (SSSR count). The molecule has 2 heterocycles. The van der Waals surface area contributed by atoms with E-state index in [0.29, 0.717) is 19.0 Å². The summed E-state index contributed by atoms with van der Waals surface area (Å²) >= 11 is 0. The number of nitrogens with zero attached hydrogens (tertiary/aromatic N) is 4. The van der Waals surface area contributed by atoms with Gasteiger partial charge >= 0.3 is 0 Å². The molecule has 5 heteroatoms. The van der Waals surface area contributed by atoms with Crippen LogP contribution in [0.5, 0.6) is 0 Å². The molecule has 0 aliphatic carbocycles. The Morgan fingerprint density at radius 2 is 2.00 bits per heavy atom. The van der Waals surface area contributed by atoms with Crippen LogP contribution in [0, 0.1) is 13.8 Å². The minimum atomic E-state index is 0.154. The monoisotopic (exact) mass is 288 g/mol. The molecule has 0 aliphatic rings. The predicted octanol–water partition coefficient (Wildman–Crippen LogP) is 3.31. The molecule has 0 saturated heterocycles. The molecule has 0 amide bonds. The van der Waals surface area contributed by atoms with Crippen molar-refractivity contribution in [1.82, 2.24) is 19.6 Å². The molecular formula is C16H24N4O. The highest BCUT2D eigenvalue weighted by atomic mass is 16.1. The minimum Gasteiger partial charge on any atom is -0.294 e. The Morgan fingerprint density at radius 3 is 2.62 bits per heavy atom. The molecule has 1 atom stereocenters. The van der Waals surface area contributed by atoms with Crippen LogP contribution in [-0.2, 0) is 6.54 Å². The van der Waals surface area contributed by atoms with Crippen LogP contribution in [0.3, 0.4) is 0 Å². The maximum atomic E-state index is 12.0. The molecular weight excluding hydrogens is 264 g/mol. The van der Waals surface area contributed by atoms with Gasteiger partial charge in [-0.05, 0) is 33.3 Å². The number of hydrogen-bond donors (Lipinski definition) is 0.